The number of aromatic amines is 1. The molecule has 1 fully saturated rings. The summed E-state index contributed by atoms with van der Waals surface area (Å²) in [6.45, 7) is 3.88. The number of aryl methyl sites for hydroxylation is 1. The van der Waals surface area contributed by atoms with Crippen LogP contribution < -0.4 is 5.32 Å². The van der Waals surface area contributed by atoms with Crippen molar-refractivity contribution in [3.8, 4) is 11.3 Å². The van der Waals surface area contributed by atoms with Gasteiger partial charge in [0.25, 0.3) is 5.91 Å². The van der Waals surface area contributed by atoms with Crippen molar-refractivity contribution in [2.45, 2.75) is 19.4 Å². The van der Waals surface area contributed by atoms with Crippen molar-refractivity contribution < 1.29 is 4.79 Å². The normalized spacial score (nSPS) is 17.9. The van der Waals surface area contributed by atoms with Crippen LogP contribution in [0.25, 0.3) is 11.3 Å². The van der Waals surface area contributed by atoms with Crippen LogP contribution in [-0.2, 0) is 0 Å². The Bertz CT molecular complexity index is 626. The highest BCUT2D eigenvalue weighted by Crippen LogP contribution is 2.19. The van der Waals surface area contributed by atoms with Crippen molar-refractivity contribution in [3.05, 3.63) is 41.6 Å². The molecule has 1 saturated heterocycles. The Balaban J connectivity index is 1.77. The maximum atomic E-state index is 12.5. The van der Waals surface area contributed by atoms with Gasteiger partial charge in [-0.05, 0) is 26.0 Å². The van der Waals surface area contributed by atoms with Gasteiger partial charge in [-0.2, -0.15) is 5.10 Å². The molecule has 0 radical (unpaired) electrons. The van der Waals surface area contributed by atoms with Crippen LogP contribution in [-0.4, -0.2) is 47.2 Å². The highest BCUT2D eigenvalue weighted by Gasteiger charge is 2.25. The van der Waals surface area contributed by atoms with E-state index >= 15 is 0 Å². The third kappa shape index (κ3) is 2.83. The first kappa shape index (κ1) is 13.8. The van der Waals surface area contributed by atoms with E-state index in [4.69, 9.17) is 0 Å². The number of carbonyl (C=O) groups excluding carboxylic acids is 1. The largest absolute Gasteiger partial charge is 0.336 e. The summed E-state index contributed by atoms with van der Waals surface area (Å²) in [6.07, 6.45) is 1.00. The number of likely N-dealkylation sites (N-methyl/N-ethyl adjacent to an activating group) is 1. The number of H-pyrrole nitrogens is 1. The van der Waals surface area contributed by atoms with Crippen molar-refractivity contribution in [1.82, 2.24) is 20.4 Å². The zero-order valence-electron chi connectivity index (χ0n) is 12.4. The third-order valence-corrected chi connectivity index (χ3v) is 4.06. The van der Waals surface area contributed by atoms with Crippen molar-refractivity contribution in [3.63, 3.8) is 0 Å². The van der Waals surface area contributed by atoms with E-state index in [2.05, 4.69) is 15.5 Å². The molecule has 2 heterocycles. The molecular weight excluding hydrogens is 264 g/mol. The Morgan fingerprint density at radius 2 is 2.10 bits per heavy atom. The number of nitrogens with one attached hydrogen (secondary N) is 2. The SMILES string of the molecule is Cc1ccc(-c2cc(C(=O)N(C)C3CCNC3)[nH]n2)cc1. The first-order chi connectivity index (χ1) is 10.1. The van der Waals surface area contributed by atoms with Gasteiger partial charge in [-0.15, -0.1) is 0 Å². The topological polar surface area (TPSA) is 61.0 Å². The summed E-state index contributed by atoms with van der Waals surface area (Å²) >= 11 is 0. The molecule has 1 aliphatic rings. The summed E-state index contributed by atoms with van der Waals surface area (Å²) in [5.41, 5.74) is 3.57. The second-order valence-electron chi connectivity index (χ2n) is 5.60. The number of hydrogen-bond donors (Lipinski definition) is 2. The smallest absolute Gasteiger partial charge is 0.271 e. The van der Waals surface area contributed by atoms with Crippen LogP contribution in [0.3, 0.4) is 0 Å². The molecule has 0 bridgehead atoms. The van der Waals surface area contributed by atoms with Crippen LogP contribution in [0, 0.1) is 6.92 Å². The summed E-state index contributed by atoms with van der Waals surface area (Å²) < 4.78 is 0. The van der Waals surface area contributed by atoms with Gasteiger partial charge in [0.15, 0.2) is 0 Å². The fraction of sp³-hybridized carbons (Fsp3) is 0.375. The van der Waals surface area contributed by atoms with E-state index < -0.39 is 0 Å². The molecule has 5 heteroatoms. The lowest BCUT2D eigenvalue weighted by Crippen LogP contribution is -2.38. The molecule has 1 aromatic carbocycles. The van der Waals surface area contributed by atoms with E-state index in [9.17, 15) is 4.79 Å². The van der Waals surface area contributed by atoms with Crippen molar-refractivity contribution in [2.24, 2.45) is 0 Å². The molecule has 0 aliphatic carbocycles. The van der Waals surface area contributed by atoms with Crippen molar-refractivity contribution in [2.75, 3.05) is 20.1 Å². The van der Waals surface area contributed by atoms with Gasteiger partial charge in [-0.1, -0.05) is 29.8 Å². The van der Waals surface area contributed by atoms with Gasteiger partial charge in [0.05, 0.1) is 5.69 Å². The summed E-state index contributed by atoms with van der Waals surface area (Å²) in [4.78, 5) is 14.3. The van der Waals surface area contributed by atoms with E-state index in [0.717, 1.165) is 30.8 Å². The van der Waals surface area contributed by atoms with Crippen molar-refractivity contribution in [1.29, 1.82) is 0 Å². The molecule has 5 nitrogen and oxygen atoms in total. The van der Waals surface area contributed by atoms with Crippen LogP contribution in [0.15, 0.2) is 30.3 Å². The Labute approximate surface area is 124 Å². The molecule has 0 saturated carbocycles. The van der Waals surface area contributed by atoms with Gasteiger partial charge in [-0.25, -0.2) is 0 Å². The minimum atomic E-state index is -0.00504. The predicted octanol–water partition coefficient (Wildman–Crippen LogP) is 1.82. The molecule has 1 atom stereocenters. The van der Waals surface area contributed by atoms with E-state index in [0.29, 0.717) is 5.69 Å². The first-order valence-electron chi connectivity index (χ1n) is 7.25. The van der Waals surface area contributed by atoms with Gasteiger partial charge in [0.2, 0.25) is 0 Å². The van der Waals surface area contributed by atoms with E-state index in [1.165, 1.54) is 5.56 Å². The maximum absolute atomic E-state index is 12.5. The van der Waals surface area contributed by atoms with Crippen LogP contribution in [0.2, 0.25) is 0 Å². The lowest BCUT2D eigenvalue weighted by molar-refractivity contribution is 0.0738. The van der Waals surface area contributed by atoms with Crippen molar-refractivity contribution >= 4 is 5.91 Å². The van der Waals surface area contributed by atoms with E-state index in [-0.39, 0.29) is 11.9 Å². The second kappa shape index (κ2) is 5.69. The van der Waals surface area contributed by atoms with E-state index in [1.807, 2.05) is 44.3 Å². The van der Waals surface area contributed by atoms with Gasteiger partial charge >= 0.3 is 0 Å². The fourth-order valence-electron chi connectivity index (χ4n) is 2.63. The molecule has 1 unspecified atom stereocenters. The number of carbonyl (C=O) groups is 1. The van der Waals surface area contributed by atoms with Crippen LogP contribution in [0.1, 0.15) is 22.5 Å². The number of nitrogens with zero attached hydrogens (tertiary/aromatic N) is 2. The average molecular weight is 284 g/mol. The number of aromatic nitrogens is 2. The monoisotopic (exact) mass is 284 g/mol. The molecular formula is C16H20N4O. The van der Waals surface area contributed by atoms with Crippen LogP contribution >= 0.6 is 0 Å². The molecule has 2 aromatic rings. The van der Waals surface area contributed by atoms with Crippen LogP contribution in [0.5, 0.6) is 0 Å². The molecule has 21 heavy (non-hydrogen) atoms. The van der Waals surface area contributed by atoms with Gasteiger partial charge in [0.1, 0.15) is 5.69 Å². The van der Waals surface area contributed by atoms with Crippen LogP contribution in [0.4, 0.5) is 0 Å². The summed E-state index contributed by atoms with van der Waals surface area (Å²) in [6, 6.07) is 10.2. The molecule has 1 amide bonds. The number of rotatable bonds is 3. The Kier molecular flexibility index (Phi) is 3.75. The summed E-state index contributed by atoms with van der Waals surface area (Å²) in [7, 11) is 1.85. The zero-order chi connectivity index (χ0) is 14.8. The van der Waals surface area contributed by atoms with Gasteiger partial charge in [-0.3, -0.25) is 9.89 Å². The Morgan fingerprint density at radius 3 is 2.76 bits per heavy atom. The number of benzene rings is 1. The molecule has 1 aliphatic heterocycles. The Hall–Kier alpha value is -2.14. The molecule has 3 rings (SSSR count). The number of amides is 1. The minimum Gasteiger partial charge on any atom is -0.336 e. The standard InChI is InChI=1S/C16H20N4O/c1-11-3-5-12(6-4-11)14-9-15(19-18-14)16(21)20(2)13-7-8-17-10-13/h3-6,9,13,17H,7-8,10H2,1-2H3,(H,18,19). The second-order valence-corrected chi connectivity index (χ2v) is 5.60. The molecule has 0 spiro atoms. The lowest BCUT2D eigenvalue weighted by Gasteiger charge is -2.22. The Morgan fingerprint density at radius 1 is 1.33 bits per heavy atom. The highest BCUT2D eigenvalue weighted by molar-refractivity contribution is 5.93. The first-order valence-corrected chi connectivity index (χ1v) is 7.25. The predicted molar refractivity (Wildman–Crippen MR) is 82.1 cm³/mol. The summed E-state index contributed by atoms with van der Waals surface area (Å²) in [5, 5.41) is 10.4. The quantitative estimate of drug-likeness (QED) is 0.904. The maximum Gasteiger partial charge on any atom is 0.271 e. The average Bonchev–Trinajstić information content (AvgIpc) is 3.18. The summed E-state index contributed by atoms with van der Waals surface area (Å²) in [5.74, 6) is -0.00504. The zero-order valence-corrected chi connectivity index (χ0v) is 12.4. The van der Waals surface area contributed by atoms with Gasteiger partial charge in [0, 0.05) is 25.2 Å². The molecule has 1 aromatic heterocycles. The lowest BCUT2D eigenvalue weighted by atomic mass is 10.1. The third-order valence-electron chi connectivity index (χ3n) is 4.06. The van der Waals surface area contributed by atoms with E-state index in [1.54, 1.807) is 4.90 Å². The van der Waals surface area contributed by atoms with Gasteiger partial charge < -0.3 is 10.2 Å². The highest BCUT2D eigenvalue weighted by atomic mass is 16.2. The molecule has 2 N–H and O–H groups in total. The fourth-order valence-corrected chi connectivity index (χ4v) is 2.63. The molecule has 110 valence electrons. The minimum absolute atomic E-state index is 0.00504. The number of hydrogen-bond acceptors (Lipinski definition) is 3.